The van der Waals surface area contributed by atoms with Crippen molar-refractivity contribution in [2.45, 2.75) is 32.2 Å². The molecule has 112 valence electrons. The van der Waals surface area contributed by atoms with Crippen molar-refractivity contribution >= 4 is 27.9 Å². The van der Waals surface area contributed by atoms with Crippen LogP contribution in [0.3, 0.4) is 0 Å². The van der Waals surface area contributed by atoms with Crippen molar-refractivity contribution in [1.29, 1.82) is 0 Å². The first-order chi connectivity index (χ1) is 10.2. The molecule has 0 saturated heterocycles. The van der Waals surface area contributed by atoms with Gasteiger partial charge in [0.25, 0.3) is 5.91 Å². The minimum absolute atomic E-state index is 0.0849. The molecule has 1 saturated carbocycles. The summed E-state index contributed by atoms with van der Waals surface area (Å²) >= 11 is 1.45. The average molecular weight is 305 g/mol. The Morgan fingerprint density at radius 3 is 3.00 bits per heavy atom. The number of hydrogen-bond donors (Lipinski definition) is 4. The fraction of sp³-hybridized carbons (Fsp3) is 0.429. The van der Waals surface area contributed by atoms with Crippen molar-refractivity contribution in [2.75, 3.05) is 17.6 Å². The van der Waals surface area contributed by atoms with Crippen LogP contribution in [0.25, 0.3) is 0 Å². The van der Waals surface area contributed by atoms with E-state index in [0.29, 0.717) is 29.6 Å². The zero-order valence-electron chi connectivity index (χ0n) is 11.9. The van der Waals surface area contributed by atoms with E-state index >= 15 is 0 Å². The Morgan fingerprint density at radius 1 is 1.57 bits per heavy atom. The lowest BCUT2D eigenvalue weighted by Crippen LogP contribution is -2.22. The molecule has 2 aromatic rings. The molecule has 0 spiro atoms. The molecule has 5 N–H and O–H groups in total. The number of rotatable bonds is 6. The standard InChI is InChI=1S/C14H19N5OS/c1-2-16-13(20)12-11(15)10(9-3-4-9)14(21-12)17-5-8-6-18-19-7-8/h6-7,9,17H,2-5,15H2,1H3,(H,16,20)(H,18,19). The molecule has 0 bridgehead atoms. The lowest BCUT2D eigenvalue weighted by molar-refractivity contribution is 0.0960. The van der Waals surface area contributed by atoms with Crippen LogP contribution in [-0.2, 0) is 6.54 Å². The van der Waals surface area contributed by atoms with Gasteiger partial charge in [-0.05, 0) is 25.7 Å². The summed E-state index contributed by atoms with van der Waals surface area (Å²) < 4.78 is 0. The molecular formula is C14H19N5OS. The van der Waals surface area contributed by atoms with E-state index in [9.17, 15) is 4.79 Å². The van der Waals surface area contributed by atoms with E-state index in [4.69, 9.17) is 5.73 Å². The Balaban J connectivity index is 1.84. The van der Waals surface area contributed by atoms with E-state index in [1.54, 1.807) is 6.20 Å². The Bertz CT molecular complexity index is 630. The van der Waals surface area contributed by atoms with Crippen LogP contribution in [0.1, 0.15) is 46.5 Å². The second kappa shape index (κ2) is 5.77. The molecule has 2 aromatic heterocycles. The second-order valence-electron chi connectivity index (χ2n) is 5.18. The molecule has 2 heterocycles. The van der Waals surface area contributed by atoms with Gasteiger partial charge in [-0.2, -0.15) is 5.10 Å². The number of carbonyl (C=O) groups excluding carboxylic acids is 1. The Labute approximate surface area is 127 Å². The minimum atomic E-state index is -0.0849. The summed E-state index contributed by atoms with van der Waals surface area (Å²) in [7, 11) is 0. The molecule has 1 amide bonds. The van der Waals surface area contributed by atoms with Gasteiger partial charge < -0.3 is 16.4 Å². The quantitative estimate of drug-likeness (QED) is 0.658. The zero-order chi connectivity index (χ0) is 14.8. The van der Waals surface area contributed by atoms with Crippen LogP contribution in [0.5, 0.6) is 0 Å². The number of hydrogen-bond acceptors (Lipinski definition) is 5. The highest BCUT2D eigenvalue weighted by molar-refractivity contribution is 7.18. The van der Waals surface area contributed by atoms with Crippen molar-refractivity contribution < 1.29 is 4.79 Å². The highest BCUT2D eigenvalue weighted by atomic mass is 32.1. The van der Waals surface area contributed by atoms with Crippen LogP contribution >= 0.6 is 11.3 Å². The van der Waals surface area contributed by atoms with Crippen LogP contribution in [-0.4, -0.2) is 22.6 Å². The van der Waals surface area contributed by atoms with Gasteiger partial charge in [0, 0.05) is 30.4 Å². The van der Waals surface area contributed by atoms with Crippen molar-refractivity contribution in [3.8, 4) is 0 Å². The third kappa shape index (κ3) is 2.87. The maximum Gasteiger partial charge on any atom is 0.263 e. The molecule has 1 aliphatic rings. The number of anilines is 2. The summed E-state index contributed by atoms with van der Waals surface area (Å²) in [6, 6.07) is 0. The molecule has 6 nitrogen and oxygen atoms in total. The van der Waals surface area contributed by atoms with E-state index in [-0.39, 0.29) is 5.91 Å². The Kier molecular flexibility index (Phi) is 3.83. The van der Waals surface area contributed by atoms with Gasteiger partial charge in [-0.15, -0.1) is 11.3 Å². The summed E-state index contributed by atoms with van der Waals surface area (Å²) in [6.45, 7) is 3.18. The molecule has 0 aromatic carbocycles. The molecule has 0 atom stereocenters. The van der Waals surface area contributed by atoms with Crippen molar-refractivity contribution in [2.24, 2.45) is 0 Å². The molecule has 3 rings (SSSR count). The monoisotopic (exact) mass is 305 g/mol. The van der Waals surface area contributed by atoms with Gasteiger partial charge in [0.1, 0.15) is 4.88 Å². The second-order valence-corrected chi connectivity index (χ2v) is 6.20. The molecule has 7 heteroatoms. The topological polar surface area (TPSA) is 95.8 Å². The third-order valence-corrected chi connectivity index (χ3v) is 4.70. The van der Waals surface area contributed by atoms with Crippen LogP contribution in [0, 0.1) is 0 Å². The van der Waals surface area contributed by atoms with Crippen molar-refractivity contribution in [3.63, 3.8) is 0 Å². The number of nitrogens with one attached hydrogen (secondary N) is 3. The van der Waals surface area contributed by atoms with Gasteiger partial charge >= 0.3 is 0 Å². The summed E-state index contributed by atoms with van der Waals surface area (Å²) in [4.78, 5) is 12.7. The SMILES string of the molecule is CCNC(=O)c1sc(NCc2cn[nH]c2)c(C2CC2)c1N. The number of nitrogens with zero attached hydrogens (tertiary/aromatic N) is 1. The van der Waals surface area contributed by atoms with Crippen molar-refractivity contribution in [1.82, 2.24) is 15.5 Å². The number of amides is 1. The minimum Gasteiger partial charge on any atom is -0.397 e. The average Bonchev–Trinajstić information content (AvgIpc) is 3.05. The molecular weight excluding hydrogens is 286 g/mol. The van der Waals surface area contributed by atoms with E-state index in [1.807, 2.05) is 13.1 Å². The van der Waals surface area contributed by atoms with Crippen LogP contribution in [0.4, 0.5) is 10.7 Å². The maximum absolute atomic E-state index is 12.1. The predicted octanol–water partition coefficient (Wildman–Crippen LogP) is 2.29. The fourth-order valence-corrected chi connectivity index (χ4v) is 3.45. The first kappa shape index (κ1) is 13.9. The van der Waals surface area contributed by atoms with E-state index in [2.05, 4.69) is 20.8 Å². The first-order valence-corrected chi connectivity index (χ1v) is 7.94. The molecule has 0 radical (unpaired) electrons. The molecule has 1 aliphatic carbocycles. The van der Waals surface area contributed by atoms with Crippen LogP contribution in [0.15, 0.2) is 12.4 Å². The van der Waals surface area contributed by atoms with E-state index in [1.165, 1.54) is 11.3 Å². The lowest BCUT2D eigenvalue weighted by atomic mass is 10.1. The molecule has 1 fully saturated rings. The number of nitrogens with two attached hydrogens (primary N) is 1. The maximum atomic E-state index is 12.1. The fourth-order valence-electron chi connectivity index (χ4n) is 2.33. The number of carbonyl (C=O) groups is 1. The summed E-state index contributed by atoms with van der Waals surface area (Å²) in [5.74, 6) is 0.412. The highest BCUT2D eigenvalue weighted by Gasteiger charge is 2.32. The van der Waals surface area contributed by atoms with Crippen LogP contribution < -0.4 is 16.4 Å². The number of aromatic amines is 1. The third-order valence-electron chi connectivity index (χ3n) is 3.52. The largest absolute Gasteiger partial charge is 0.397 e. The summed E-state index contributed by atoms with van der Waals surface area (Å²) in [5.41, 5.74) is 9.05. The van der Waals surface area contributed by atoms with Gasteiger partial charge in [0.2, 0.25) is 0 Å². The number of thiophene rings is 1. The Hall–Kier alpha value is -2.02. The number of aromatic nitrogens is 2. The van der Waals surface area contributed by atoms with E-state index < -0.39 is 0 Å². The highest BCUT2D eigenvalue weighted by Crippen LogP contribution is 2.50. The number of nitrogen functional groups attached to an aromatic ring is 1. The normalized spacial score (nSPS) is 14.1. The van der Waals surface area contributed by atoms with Crippen LogP contribution in [0.2, 0.25) is 0 Å². The summed E-state index contributed by atoms with van der Waals surface area (Å²) in [6.07, 6.45) is 5.93. The van der Waals surface area contributed by atoms with Gasteiger partial charge in [-0.1, -0.05) is 0 Å². The first-order valence-electron chi connectivity index (χ1n) is 7.12. The zero-order valence-corrected chi connectivity index (χ0v) is 12.7. The number of H-pyrrole nitrogens is 1. The van der Waals surface area contributed by atoms with Gasteiger partial charge in [0.15, 0.2) is 0 Å². The smallest absolute Gasteiger partial charge is 0.263 e. The molecule has 21 heavy (non-hydrogen) atoms. The Morgan fingerprint density at radius 2 is 2.38 bits per heavy atom. The predicted molar refractivity (Wildman–Crippen MR) is 84.6 cm³/mol. The van der Waals surface area contributed by atoms with Gasteiger partial charge in [-0.25, -0.2) is 0 Å². The van der Waals surface area contributed by atoms with E-state index in [0.717, 1.165) is 29.0 Å². The molecule has 0 unspecified atom stereocenters. The lowest BCUT2D eigenvalue weighted by Gasteiger charge is -2.05. The summed E-state index contributed by atoms with van der Waals surface area (Å²) in [5, 5.41) is 13.9. The van der Waals surface area contributed by atoms with Crippen molar-refractivity contribution in [3.05, 3.63) is 28.4 Å². The van der Waals surface area contributed by atoms with Gasteiger partial charge in [-0.3, -0.25) is 9.89 Å². The van der Waals surface area contributed by atoms with Gasteiger partial charge in [0.05, 0.1) is 16.9 Å². The molecule has 0 aliphatic heterocycles.